The summed E-state index contributed by atoms with van der Waals surface area (Å²) in [5.41, 5.74) is 2.55. The molecule has 0 aliphatic carbocycles. The first kappa shape index (κ1) is 12.8. The molecule has 0 aliphatic rings. The van der Waals surface area contributed by atoms with E-state index in [-0.39, 0.29) is 0 Å². The fourth-order valence-corrected chi connectivity index (χ4v) is 1.08. The van der Waals surface area contributed by atoms with Gasteiger partial charge in [0.15, 0.2) is 23.3 Å². The van der Waals surface area contributed by atoms with E-state index in [9.17, 15) is 30.7 Å². The minimum Gasteiger partial charge on any atom is -0.673 e. The summed E-state index contributed by atoms with van der Waals surface area (Å²) in [6, 6.07) is 0. The molecule has 1 N–H and O–H groups in total. The fraction of sp³-hybridized carbons (Fsp3) is 0.250. The first-order valence-electron chi connectivity index (χ1n) is 3.78. The van der Waals surface area contributed by atoms with Gasteiger partial charge >= 0.3 is 6.18 Å². The smallest absolute Gasteiger partial charge is 0.422 e. The molecule has 0 amide bonds. The molecule has 8 heteroatoms. The Hall–Kier alpha value is -1.31. The molecule has 1 aromatic carbocycles. The van der Waals surface area contributed by atoms with Crippen molar-refractivity contribution in [2.24, 2.45) is 0 Å². The SMILES string of the molecule is [NH-]Cc1c(F)c(F)c(C(F)(F)F)c(F)c1F. The first-order valence-corrected chi connectivity index (χ1v) is 3.78. The van der Waals surface area contributed by atoms with Crippen LogP contribution in [0.15, 0.2) is 0 Å². The number of alkyl halides is 3. The van der Waals surface area contributed by atoms with Crippen LogP contribution in [0.4, 0.5) is 30.7 Å². The predicted molar refractivity (Wildman–Crippen MR) is 39.3 cm³/mol. The van der Waals surface area contributed by atoms with Gasteiger partial charge in [0.25, 0.3) is 0 Å². The van der Waals surface area contributed by atoms with E-state index in [1.54, 1.807) is 0 Å². The maximum absolute atomic E-state index is 12.8. The number of hydrogen-bond acceptors (Lipinski definition) is 0. The topological polar surface area (TPSA) is 23.8 Å². The van der Waals surface area contributed by atoms with Crippen molar-refractivity contribution >= 4 is 0 Å². The van der Waals surface area contributed by atoms with Gasteiger partial charge in [-0.15, -0.1) is 6.54 Å². The molecule has 1 aromatic rings. The van der Waals surface area contributed by atoms with Crippen molar-refractivity contribution in [3.05, 3.63) is 40.1 Å². The van der Waals surface area contributed by atoms with Crippen molar-refractivity contribution in [3.63, 3.8) is 0 Å². The van der Waals surface area contributed by atoms with Crippen LogP contribution in [-0.2, 0) is 12.7 Å². The molecule has 90 valence electrons. The summed E-state index contributed by atoms with van der Waals surface area (Å²) < 4.78 is 87.4. The Labute approximate surface area is 84.7 Å². The highest BCUT2D eigenvalue weighted by atomic mass is 19.4. The Bertz CT molecular complexity index is 394. The number of benzene rings is 1. The van der Waals surface area contributed by atoms with E-state index in [4.69, 9.17) is 5.73 Å². The number of hydrogen-bond donors (Lipinski definition) is 0. The van der Waals surface area contributed by atoms with Crippen molar-refractivity contribution in [2.45, 2.75) is 12.7 Å². The van der Waals surface area contributed by atoms with Crippen molar-refractivity contribution in [2.75, 3.05) is 0 Å². The van der Waals surface area contributed by atoms with Gasteiger partial charge < -0.3 is 5.73 Å². The van der Waals surface area contributed by atoms with Crippen LogP contribution in [0.1, 0.15) is 11.1 Å². The van der Waals surface area contributed by atoms with Gasteiger partial charge in [0, 0.05) is 5.56 Å². The van der Waals surface area contributed by atoms with Crippen LogP contribution in [-0.4, -0.2) is 0 Å². The van der Waals surface area contributed by atoms with E-state index in [0.29, 0.717) is 0 Å². The Morgan fingerprint density at radius 1 is 0.812 bits per heavy atom. The summed E-state index contributed by atoms with van der Waals surface area (Å²) in [7, 11) is 0. The minimum atomic E-state index is -5.55. The largest absolute Gasteiger partial charge is 0.673 e. The monoisotopic (exact) mass is 246 g/mol. The van der Waals surface area contributed by atoms with Gasteiger partial charge in [0.2, 0.25) is 0 Å². The van der Waals surface area contributed by atoms with Crippen LogP contribution < -0.4 is 0 Å². The van der Waals surface area contributed by atoms with Crippen LogP contribution in [0.2, 0.25) is 0 Å². The molecule has 0 saturated carbocycles. The highest BCUT2D eigenvalue weighted by Crippen LogP contribution is 2.36. The summed E-state index contributed by atoms with van der Waals surface area (Å²) in [5.74, 6) is -9.45. The highest BCUT2D eigenvalue weighted by Gasteiger charge is 2.41. The molecule has 0 saturated heterocycles. The highest BCUT2D eigenvalue weighted by molar-refractivity contribution is 5.32. The van der Waals surface area contributed by atoms with Gasteiger partial charge in [-0.3, -0.25) is 0 Å². The molecule has 0 heterocycles. The zero-order valence-electron chi connectivity index (χ0n) is 7.35. The average molecular weight is 246 g/mol. The Balaban J connectivity index is 3.67. The molecular weight excluding hydrogens is 243 g/mol. The molecule has 0 spiro atoms. The second-order valence-corrected chi connectivity index (χ2v) is 2.78. The lowest BCUT2D eigenvalue weighted by atomic mass is 10.1. The normalized spacial score (nSPS) is 12.0. The third kappa shape index (κ3) is 1.84. The number of rotatable bonds is 1. The summed E-state index contributed by atoms with van der Waals surface area (Å²) in [6.45, 7) is -1.20. The fourth-order valence-electron chi connectivity index (χ4n) is 1.08. The molecule has 16 heavy (non-hydrogen) atoms. The lowest BCUT2D eigenvalue weighted by Gasteiger charge is -2.14. The quantitative estimate of drug-likeness (QED) is 0.531. The maximum Gasteiger partial charge on any atom is 0.422 e. The van der Waals surface area contributed by atoms with Crippen molar-refractivity contribution in [1.82, 2.24) is 0 Å². The first-order chi connectivity index (χ1) is 7.21. The summed E-state index contributed by atoms with van der Waals surface area (Å²) in [4.78, 5) is 0. The molecule has 1 nitrogen and oxygen atoms in total. The summed E-state index contributed by atoms with van der Waals surface area (Å²) >= 11 is 0. The second kappa shape index (κ2) is 3.93. The van der Waals surface area contributed by atoms with Crippen LogP contribution in [0.25, 0.3) is 5.73 Å². The van der Waals surface area contributed by atoms with Crippen molar-refractivity contribution < 1.29 is 30.7 Å². The van der Waals surface area contributed by atoms with Gasteiger partial charge in [0.05, 0.1) is 0 Å². The van der Waals surface area contributed by atoms with Gasteiger partial charge in [-0.2, -0.15) is 13.2 Å². The van der Waals surface area contributed by atoms with Crippen LogP contribution in [0, 0.1) is 23.3 Å². The molecule has 0 atom stereocenters. The maximum atomic E-state index is 12.8. The zero-order valence-corrected chi connectivity index (χ0v) is 7.35. The third-order valence-corrected chi connectivity index (χ3v) is 1.81. The zero-order chi connectivity index (χ0) is 12.7. The minimum absolute atomic E-state index is 1.20. The standard InChI is InChI=1S/C8H3F7N/c9-4-2(1-16)5(10)7(12)3(6(4)11)8(13,14)15/h16H,1H2/q-1. The van der Waals surface area contributed by atoms with E-state index in [0.717, 1.165) is 0 Å². The molecule has 0 bridgehead atoms. The van der Waals surface area contributed by atoms with Crippen LogP contribution in [0.3, 0.4) is 0 Å². The van der Waals surface area contributed by atoms with E-state index in [1.807, 2.05) is 0 Å². The summed E-state index contributed by atoms with van der Waals surface area (Å²) in [6.07, 6.45) is -5.55. The van der Waals surface area contributed by atoms with Crippen molar-refractivity contribution in [1.29, 1.82) is 0 Å². The van der Waals surface area contributed by atoms with Gasteiger partial charge in [-0.1, -0.05) is 0 Å². The molecule has 0 radical (unpaired) electrons. The van der Waals surface area contributed by atoms with E-state index in [2.05, 4.69) is 0 Å². The average Bonchev–Trinajstić information content (AvgIpc) is 2.14. The van der Waals surface area contributed by atoms with Crippen molar-refractivity contribution in [3.8, 4) is 0 Å². The Morgan fingerprint density at radius 2 is 1.19 bits per heavy atom. The van der Waals surface area contributed by atoms with E-state index < -0.39 is 47.1 Å². The van der Waals surface area contributed by atoms with Gasteiger partial charge in [-0.25, -0.2) is 17.6 Å². The molecule has 0 aliphatic heterocycles. The van der Waals surface area contributed by atoms with Gasteiger partial charge in [-0.05, 0) is 0 Å². The lowest BCUT2D eigenvalue weighted by molar-refractivity contribution is -0.143. The summed E-state index contributed by atoms with van der Waals surface area (Å²) in [5, 5.41) is 0. The molecule has 0 aromatic heterocycles. The van der Waals surface area contributed by atoms with Crippen LogP contribution in [0.5, 0.6) is 0 Å². The number of halogens is 7. The van der Waals surface area contributed by atoms with Gasteiger partial charge in [0.1, 0.15) is 5.56 Å². The molecule has 1 rings (SSSR count). The number of nitrogens with one attached hydrogen (secondary N) is 1. The molecule has 0 unspecified atom stereocenters. The lowest BCUT2D eigenvalue weighted by Crippen LogP contribution is -2.16. The van der Waals surface area contributed by atoms with E-state index in [1.165, 1.54) is 0 Å². The Morgan fingerprint density at radius 3 is 1.44 bits per heavy atom. The Kier molecular flexibility index (Phi) is 3.13. The molecular formula is C8H3F7N-. The van der Waals surface area contributed by atoms with E-state index >= 15 is 0 Å². The molecule has 0 fully saturated rings. The van der Waals surface area contributed by atoms with Crippen LogP contribution >= 0.6 is 0 Å². The third-order valence-electron chi connectivity index (χ3n) is 1.81. The predicted octanol–water partition coefficient (Wildman–Crippen LogP) is 3.81. The second-order valence-electron chi connectivity index (χ2n) is 2.78.